The maximum atomic E-state index is 12.0. The SMILES string of the molecule is CC1(C)CCCN(CCC(=O)Nc2cc(Cl)ccc2N)C1. The molecule has 5 heteroatoms. The van der Waals surface area contributed by atoms with Crippen molar-refractivity contribution in [2.75, 3.05) is 30.7 Å². The molecule has 1 aliphatic heterocycles. The summed E-state index contributed by atoms with van der Waals surface area (Å²) in [5.41, 5.74) is 7.31. The summed E-state index contributed by atoms with van der Waals surface area (Å²) in [4.78, 5) is 14.4. The molecular formula is C16H24ClN3O. The molecule has 1 aromatic rings. The number of amides is 1. The number of nitrogens with one attached hydrogen (secondary N) is 1. The normalized spacial score (nSPS) is 18.4. The quantitative estimate of drug-likeness (QED) is 0.838. The molecule has 1 amide bonds. The average Bonchev–Trinajstić information content (AvgIpc) is 2.40. The van der Waals surface area contributed by atoms with Crippen molar-refractivity contribution < 1.29 is 4.79 Å². The van der Waals surface area contributed by atoms with Crippen molar-refractivity contribution in [1.29, 1.82) is 0 Å². The Morgan fingerprint density at radius 3 is 2.95 bits per heavy atom. The maximum Gasteiger partial charge on any atom is 0.225 e. The molecule has 0 aromatic heterocycles. The smallest absolute Gasteiger partial charge is 0.225 e. The number of nitrogens with zero attached hydrogens (tertiary/aromatic N) is 1. The maximum absolute atomic E-state index is 12.0. The van der Waals surface area contributed by atoms with Crippen LogP contribution in [0, 0.1) is 5.41 Å². The average molecular weight is 310 g/mol. The molecule has 1 fully saturated rings. The van der Waals surface area contributed by atoms with E-state index >= 15 is 0 Å². The summed E-state index contributed by atoms with van der Waals surface area (Å²) < 4.78 is 0. The van der Waals surface area contributed by atoms with Crippen molar-refractivity contribution in [2.24, 2.45) is 5.41 Å². The van der Waals surface area contributed by atoms with E-state index in [1.807, 2.05) is 0 Å². The summed E-state index contributed by atoms with van der Waals surface area (Å²) in [6.07, 6.45) is 2.94. The molecule has 116 valence electrons. The Hall–Kier alpha value is -1.26. The number of piperidine rings is 1. The molecule has 1 saturated heterocycles. The first kappa shape index (κ1) is 16.1. The highest BCUT2D eigenvalue weighted by Crippen LogP contribution is 2.28. The van der Waals surface area contributed by atoms with Gasteiger partial charge in [0.25, 0.3) is 0 Å². The summed E-state index contributed by atoms with van der Waals surface area (Å²) in [5.74, 6) is -0.0210. The van der Waals surface area contributed by atoms with Crippen LogP contribution in [0.15, 0.2) is 18.2 Å². The number of anilines is 2. The predicted octanol–water partition coefficient (Wildman–Crippen LogP) is 3.37. The Labute approximate surface area is 131 Å². The highest BCUT2D eigenvalue weighted by atomic mass is 35.5. The molecule has 1 heterocycles. The van der Waals surface area contributed by atoms with E-state index in [1.165, 1.54) is 12.8 Å². The number of hydrogen-bond donors (Lipinski definition) is 2. The largest absolute Gasteiger partial charge is 0.397 e. The van der Waals surface area contributed by atoms with E-state index in [9.17, 15) is 4.79 Å². The molecular weight excluding hydrogens is 286 g/mol. The van der Waals surface area contributed by atoms with Crippen molar-refractivity contribution in [3.63, 3.8) is 0 Å². The van der Waals surface area contributed by atoms with Crippen LogP contribution in [-0.2, 0) is 4.79 Å². The molecule has 4 nitrogen and oxygen atoms in total. The fourth-order valence-corrected chi connectivity index (χ4v) is 3.02. The summed E-state index contributed by atoms with van der Waals surface area (Å²) in [6.45, 7) is 7.49. The van der Waals surface area contributed by atoms with Crippen LogP contribution < -0.4 is 11.1 Å². The third kappa shape index (κ3) is 4.90. The van der Waals surface area contributed by atoms with Crippen molar-refractivity contribution in [1.82, 2.24) is 4.90 Å². The zero-order valence-corrected chi connectivity index (χ0v) is 13.5. The van der Waals surface area contributed by atoms with Gasteiger partial charge < -0.3 is 16.0 Å². The van der Waals surface area contributed by atoms with Gasteiger partial charge in [-0.25, -0.2) is 0 Å². The van der Waals surface area contributed by atoms with Gasteiger partial charge >= 0.3 is 0 Å². The van der Waals surface area contributed by atoms with E-state index in [1.54, 1.807) is 18.2 Å². The standard InChI is InChI=1S/C16H24ClN3O/c1-16(2)7-3-8-20(11-16)9-6-15(21)19-14-10-12(17)4-5-13(14)18/h4-5,10H,3,6-9,11,18H2,1-2H3,(H,19,21). The third-order valence-corrected chi connectivity index (χ3v) is 4.16. The van der Waals surface area contributed by atoms with Crippen molar-refractivity contribution >= 4 is 28.9 Å². The zero-order valence-electron chi connectivity index (χ0n) is 12.8. The number of likely N-dealkylation sites (tertiary alicyclic amines) is 1. The van der Waals surface area contributed by atoms with Gasteiger partial charge in [0, 0.05) is 24.5 Å². The first-order valence-electron chi connectivity index (χ1n) is 7.43. The minimum Gasteiger partial charge on any atom is -0.397 e. The number of nitrogen functional groups attached to an aromatic ring is 1. The lowest BCUT2D eigenvalue weighted by molar-refractivity contribution is -0.116. The first-order valence-corrected chi connectivity index (χ1v) is 7.81. The van der Waals surface area contributed by atoms with Gasteiger partial charge in [0.2, 0.25) is 5.91 Å². The molecule has 21 heavy (non-hydrogen) atoms. The molecule has 3 N–H and O–H groups in total. The van der Waals surface area contributed by atoms with Gasteiger partial charge in [0.15, 0.2) is 0 Å². The number of rotatable bonds is 4. The van der Waals surface area contributed by atoms with Crippen LogP contribution in [0.4, 0.5) is 11.4 Å². The Kier molecular flexibility index (Phi) is 5.12. The lowest BCUT2D eigenvalue weighted by Gasteiger charge is -2.37. The minimum absolute atomic E-state index is 0.0210. The molecule has 0 aliphatic carbocycles. The fraction of sp³-hybridized carbons (Fsp3) is 0.562. The van der Waals surface area contributed by atoms with Crippen LogP contribution in [0.25, 0.3) is 0 Å². The predicted molar refractivity (Wildman–Crippen MR) is 88.6 cm³/mol. The Morgan fingerprint density at radius 2 is 2.24 bits per heavy atom. The van der Waals surface area contributed by atoms with Crippen molar-refractivity contribution in [3.8, 4) is 0 Å². The van der Waals surface area contributed by atoms with E-state index in [0.717, 1.165) is 19.6 Å². The van der Waals surface area contributed by atoms with E-state index in [-0.39, 0.29) is 5.91 Å². The Bertz CT molecular complexity index is 516. The second-order valence-corrected chi connectivity index (χ2v) is 7.01. The first-order chi connectivity index (χ1) is 9.85. The second kappa shape index (κ2) is 6.67. The summed E-state index contributed by atoms with van der Waals surface area (Å²) in [6, 6.07) is 5.09. The van der Waals surface area contributed by atoms with Gasteiger partial charge in [0.1, 0.15) is 0 Å². The van der Waals surface area contributed by atoms with Crippen molar-refractivity contribution in [2.45, 2.75) is 33.1 Å². The molecule has 1 aromatic carbocycles. The number of halogens is 1. The number of benzene rings is 1. The molecule has 0 radical (unpaired) electrons. The van der Waals surface area contributed by atoms with Crippen LogP contribution in [0.5, 0.6) is 0 Å². The minimum atomic E-state index is -0.0210. The van der Waals surface area contributed by atoms with Crippen molar-refractivity contribution in [3.05, 3.63) is 23.2 Å². The Balaban J connectivity index is 1.83. The lowest BCUT2D eigenvalue weighted by Crippen LogP contribution is -2.41. The van der Waals surface area contributed by atoms with Gasteiger partial charge in [0.05, 0.1) is 11.4 Å². The van der Waals surface area contributed by atoms with Crippen LogP contribution in [0.1, 0.15) is 33.1 Å². The van der Waals surface area contributed by atoms with E-state index in [4.69, 9.17) is 17.3 Å². The van der Waals surface area contributed by atoms with Gasteiger partial charge in [-0.05, 0) is 43.0 Å². The Morgan fingerprint density at radius 1 is 1.48 bits per heavy atom. The topological polar surface area (TPSA) is 58.4 Å². The van der Waals surface area contributed by atoms with Crippen LogP contribution in [0.3, 0.4) is 0 Å². The van der Waals surface area contributed by atoms with Crippen LogP contribution >= 0.6 is 11.6 Å². The van der Waals surface area contributed by atoms with E-state index in [2.05, 4.69) is 24.1 Å². The molecule has 1 aliphatic rings. The lowest BCUT2D eigenvalue weighted by atomic mass is 9.84. The molecule has 0 bridgehead atoms. The summed E-state index contributed by atoms with van der Waals surface area (Å²) in [5, 5.41) is 3.40. The molecule has 0 saturated carbocycles. The van der Waals surface area contributed by atoms with Gasteiger partial charge in [-0.3, -0.25) is 4.79 Å². The van der Waals surface area contributed by atoms with Crippen LogP contribution in [0.2, 0.25) is 5.02 Å². The zero-order chi connectivity index (χ0) is 15.5. The fourth-order valence-electron chi connectivity index (χ4n) is 2.84. The third-order valence-electron chi connectivity index (χ3n) is 3.92. The van der Waals surface area contributed by atoms with Gasteiger partial charge in [-0.15, -0.1) is 0 Å². The number of carbonyl (C=O) groups is 1. The number of hydrogen-bond acceptors (Lipinski definition) is 3. The molecule has 0 atom stereocenters. The monoisotopic (exact) mass is 309 g/mol. The molecule has 2 rings (SSSR count). The molecule has 0 spiro atoms. The van der Waals surface area contributed by atoms with Crippen LogP contribution in [-0.4, -0.2) is 30.4 Å². The van der Waals surface area contributed by atoms with Gasteiger partial charge in [-0.2, -0.15) is 0 Å². The summed E-state index contributed by atoms with van der Waals surface area (Å²) >= 11 is 5.92. The number of nitrogens with two attached hydrogens (primary N) is 1. The highest BCUT2D eigenvalue weighted by Gasteiger charge is 2.26. The summed E-state index contributed by atoms with van der Waals surface area (Å²) in [7, 11) is 0. The number of carbonyl (C=O) groups excluding carboxylic acids is 1. The van der Waals surface area contributed by atoms with E-state index in [0.29, 0.717) is 28.2 Å². The van der Waals surface area contributed by atoms with Gasteiger partial charge in [-0.1, -0.05) is 25.4 Å². The molecule has 0 unspecified atom stereocenters. The van der Waals surface area contributed by atoms with E-state index < -0.39 is 0 Å². The highest BCUT2D eigenvalue weighted by molar-refractivity contribution is 6.31. The second-order valence-electron chi connectivity index (χ2n) is 6.57.